The summed E-state index contributed by atoms with van der Waals surface area (Å²) >= 11 is 0. The van der Waals surface area contributed by atoms with Crippen LogP contribution < -0.4 is 17.2 Å². The number of aromatic nitrogens is 2. The van der Waals surface area contributed by atoms with Crippen LogP contribution in [-0.4, -0.2) is 65.3 Å². The van der Waals surface area contributed by atoms with Gasteiger partial charge in [-0.25, -0.2) is 22.9 Å². The summed E-state index contributed by atoms with van der Waals surface area (Å²) in [6.45, 7) is -0.899. The van der Waals surface area contributed by atoms with Crippen molar-refractivity contribution in [1.82, 2.24) is 9.55 Å². The van der Waals surface area contributed by atoms with Crippen LogP contribution in [-0.2, 0) is 31.6 Å². The molecule has 0 amide bonds. The Morgan fingerprint density at radius 1 is 1.26 bits per heavy atom. The van der Waals surface area contributed by atoms with Gasteiger partial charge in [0.1, 0.15) is 24.7 Å². The molecule has 17 nitrogen and oxygen atoms in total. The summed E-state index contributed by atoms with van der Waals surface area (Å²) in [4.78, 5) is 51.7. The van der Waals surface area contributed by atoms with Gasteiger partial charge < -0.3 is 40.9 Å². The molecule has 6 atom stereocenters. The fourth-order valence-electron chi connectivity index (χ4n) is 2.92. The maximum absolute atomic E-state index is 12.7. The molecule has 1 aromatic rings. The third kappa shape index (κ3) is 7.00. The van der Waals surface area contributed by atoms with Crippen molar-refractivity contribution >= 4 is 29.3 Å². The van der Waals surface area contributed by atoms with Crippen LogP contribution in [0.1, 0.15) is 11.9 Å². The number of hydrogen-bond donors (Lipinski definition) is 7. The summed E-state index contributed by atoms with van der Waals surface area (Å²) in [6.07, 6.45) is -5.22. The molecule has 0 spiro atoms. The van der Waals surface area contributed by atoms with Crippen LogP contribution >= 0.6 is 23.5 Å². The normalized spacial score (nSPS) is 28.5. The van der Waals surface area contributed by atoms with Crippen molar-refractivity contribution in [3.8, 4) is 11.8 Å². The fraction of sp³-hybridized carbons (Fsp3) is 0.538. The lowest BCUT2D eigenvalue weighted by Gasteiger charge is -2.29. The molecule has 34 heavy (non-hydrogen) atoms. The van der Waals surface area contributed by atoms with E-state index in [-0.39, 0.29) is 11.5 Å². The molecule has 0 radical (unpaired) electrons. The number of aliphatic hydroxyl groups is 1. The van der Waals surface area contributed by atoms with Gasteiger partial charge in [-0.1, -0.05) is 11.8 Å². The smallest absolute Gasteiger partial charge is 0.387 e. The Kier molecular flexibility index (Phi) is 8.62. The number of phosphoric acid groups is 3. The molecule has 1 aromatic heterocycles. The summed E-state index contributed by atoms with van der Waals surface area (Å²) in [5, 5.41) is 10.6. The number of aliphatic hydroxyl groups excluding tert-OH is 1. The van der Waals surface area contributed by atoms with Gasteiger partial charge in [-0.3, -0.25) is 9.09 Å². The number of nitrogen functional groups attached to an aromatic ring is 1. The molecule has 0 aliphatic carbocycles. The number of halogens is 1. The van der Waals surface area contributed by atoms with Gasteiger partial charge in [0.05, 0.1) is 6.61 Å². The second kappa shape index (κ2) is 10.2. The highest BCUT2D eigenvalue weighted by Gasteiger charge is 2.55. The fourth-order valence-corrected chi connectivity index (χ4v) is 5.95. The zero-order valence-corrected chi connectivity index (χ0v) is 19.7. The number of nitrogens with zero attached hydrogens (tertiary/aromatic N) is 2. The van der Waals surface area contributed by atoms with Crippen molar-refractivity contribution in [3.05, 3.63) is 22.2 Å². The van der Waals surface area contributed by atoms with Crippen LogP contribution in [0.25, 0.3) is 0 Å². The van der Waals surface area contributed by atoms with Gasteiger partial charge in [-0.05, 0) is 13.0 Å². The Morgan fingerprint density at radius 2 is 1.88 bits per heavy atom. The predicted octanol–water partition coefficient (Wildman–Crippen LogP) is -1.59. The van der Waals surface area contributed by atoms with Crippen LogP contribution in [0.3, 0.4) is 0 Å². The van der Waals surface area contributed by atoms with E-state index in [0.29, 0.717) is 0 Å². The molecule has 2 rings (SSSR count). The highest BCUT2D eigenvalue weighted by molar-refractivity contribution is 7.66. The van der Waals surface area contributed by atoms with Crippen molar-refractivity contribution < 1.29 is 60.6 Å². The SMILES string of the molecule is Cc1cc(N)nc(=O)n1[C@@H]1OC(COP(=O)(O)OP(=O)(O)OP(=O)(O)O)C(O)[C@]1(N)C#CCF. The highest BCUT2D eigenvalue weighted by Crippen LogP contribution is 2.66. The molecule has 0 saturated carbocycles. The first kappa shape index (κ1) is 28.7. The Hall–Kier alpha value is -1.54. The second-order valence-corrected chi connectivity index (χ2v) is 11.1. The number of ether oxygens (including phenoxy) is 1. The lowest BCUT2D eigenvalue weighted by molar-refractivity contribution is -0.0474. The monoisotopic (exact) mass is 552 g/mol. The van der Waals surface area contributed by atoms with Crippen LogP contribution in [0, 0.1) is 18.8 Å². The minimum atomic E-state index is -5.79. The van der Waals surface area contributed by atoms with E-state index in [9.17, 15) is 37.8 Å². The standard InChI is InChI=1S/C13H20FN4O13P3/c1-7-5-9(15)17-12(20)18(7)11-13(16,3-2-4-14)10(19)8(29-11)6-28-33(24,25)31-34(26,27)30-32(21,22)23/h5,8,10-11,19H,4,6,16H2,1H3,(H,24,25)(H,26,27)(H2,15,17,20)(H2,21,22,23)/t8?,10?,11-,13-/m1/s1. The number of phosphoric ester groups is 1. The van der Waals surface area contributed by atoms with Gasteiger partial charge in [-0.2, -0.15) is 13.6 Å². The minimum Gasteiger partial charge on any atom is -0.387 e. The molecule has 2 heterocycles. The maximum atomic E-state index is 12.7. The summed E-state index contributed by atoms with van der Waals surface area (Å²) in [5.41, 5.74) is 8.55. The second-order valence-electron chi connectivity index (χ2n) is 6.70. The summed E-state index contributed by atoms with van der Waals surface area (Å²) < 4.78 is 64.6. The van der Waals surface area contributed by atoms with Crippen molar-refractivity contribution in [1.29, 1.82) is 0 Å². The predicted molar refractivity (Wildman–Crippen MR) is 108 cm³/mol. The molecule has 1 aliphatic heterocycles. The van der Waals surface area contributed by atoms with E-state index in [2.05, 4.69) is 24.0 Å². The lowest BCUT2D eigenvalue weighted by Crippen LogP contribution is -2.55. The van der Waals surface area contributed by atoms with Gasteiger partial charge in [0.2, 0.25) is 0 Å². The number of nitrogens with two attached hydrogens (primary N) is 2. The van der Waals surface area contributed by atoms with Crippen LogP contribution in [0.5, 0.6) is 0 Å². The quantitative estimate of drug-likeness (QED) is 0.141. The summed E-state index contributed by atoms with van der Waals surface area (Å²) in [6, 6.07) is 1.25. The zero-order valence-electron chi connectivity index (χ0n) is 17.0. The zero-order chi connectivity index (χ0) is 26.1. The van der Waals surface area contributed by atoms with Crippen molar-refractivity contribution in [2.24, 2.45) is 5.73 Å². The molecule has 1 saturated heterocycles. The molecule has 9 N–H and O–H groups in total. The summed E-state index contributed by atoms with van der Waals surface area (Å²) in [5.74, 6) is 4.05. The molecular weight excluding hydrogens is 532 g/mol. The van der Waals surface area contributed by atoms with E-state index in [1.54, 1.807) is 0 Å². The number of anilines is 1. The minimum absolute atomic E-state index is 0.139. The lowest BCUT2D eigenvalue weighted by atomic mass is 9.91. The first-order valence-corrected chi connectivity index (χ1v) is 13.3. The Labute approximate surface area is 189 Å². The highest BCUT2D eigenvalue weighted by atomic mass is 31.3. The van der Waals surface area contributed by atoms with Gasteiger partial charge >= 0.3 is 29.2 Å². The van der Waals surface area contributed by atoms with E-state index in [1.165, 1.54) is 13.0 Å². The van der Waals surface area contributed by atoms with E-state index in [4.69, 9.17) is 26.0 Å². The average Bonchev–Trinajstić information content (AvgIpc) is 2.86. The van der Waals surface area contributed by atoms with Gasteiger partial charge in [-0.15, -0.1) is 0 Å². The van der Waals surface area contributed by atoms with Gasteiger partial charge in [0.25, 0.3) is 0 Å². The third-order valence-corrected chi connectivity index (χ3v) is 7.95. The third-order valence-electron chi connectivity index (χ3n) is 4.15. The average molecular weight is 552 g/mol. The maximum Gasteiger partial charge on any atom is 0.490 e. The molecule has 0 aromatic carbocycles. The molecule has 192 valence electrons. The van der Waals surface area contributed by atoms with Crippen LogP contribution in [0.15, 0.2) is 10.9 Å². The first-order chi connectivity index (χ1) is 15.4. The van der Waals surface area contributed by atoms with Gasteiger partial charge in [0, 0.05) is 5.69 Å². The summed E-state index contributed by atoms with van der Waals surface area (Å²) in [7, 11) is -17.0. The molecule has 4 unspecified atom stereocenters. The molecule has 21 heteroatoms. The van der Waals surface area contributed by atoms with E-state index >= 15 is 0 Å². The molecule has 1 aliphatic rings. The van der Waals surface area contributed by atoms with Crippen LogP contribution in [0.4, 0.5) is 10.2 Å². The van der Waals surface area contributed by atoms with E-state index in [1.807, 2.05) is 5.92 Å². The van der Waals surface area contributed by atoms with Crippen molar-refractivity contribution in [3.63, 3.8) is 0 Å². The Bertz CT molecular complexity index is 1190. The Balaban J connectivity index is 2.31. The number of alkyl halides is 1. The number of rotatable bonds is 8. The molecular formula is C13H20FN4O13P3. The molecule has 1 fully saturated rings. The first-order valence-electron chi connectivity index (χ1n) is 8.73. The van der Waals surface area contributed by atoms with Gasteiger partial charge in [0.15, 0.2) is 11.8 Å². The van der Waals surface area contributed by atoms with Crippen molar-refractivity contribution in [2.75, 3.05) is 19.0 Å². The Morgan fingerprint density at radius 3 is 2.41 bits per heavy atom. The number of hydrogen-bond acceptors (Lipinski definition) is 12. The largest absolute Gasteiger partial charge is 0.490 e. The number of aryl methyl sites for hydroxylation is 1. The van der Waals surface area contributed by atoms with Crippen molar-refractivity contribution in [2.45, 2.75) is 30.9 Å². The van der Waals surface area contributed by atoms with E-state index in [0.717, 1.165) is 4.57 Å². The van der Waals surface area contributed by atoms with E-state index < -0.39 is 66.4 Å². The molecule has 0 bridgehead atoms. The van der Waals surface area contributed by atoms with Crippen LogP contribution in [0.2, 0.25) is 0 Å². The topological polar surface area (TPSA) is 276 Å².